The highest BCUT2D eigenvalue weighted by Gasteiger charge is 2.66. The molecule has 1 fully saturated rings. The van der Waals surface area contributed by atoms with Gasteiger partial charge in [0.25, 0.3) is 0 Å². The number of benzene rings is 1. The van der Waals surface area contributed by atoms with Crippen molar-refractivity contribution in [3.05, 3.63) is 41.6 Å². The van der Waals surface area contributed by atoms with E-state index < -0.39 is 0 Å². The predicted molar refractivity (Wildman–Crippen MR) is 83.0 cm³/mol. The Morgan fingerprint density at radius 3 is 2.10 bits per heavy atom. The Kier molecular flexibility index (Phi) is 2.56. The number of para-hydroxylation sites is 1. The molecule has 0 amide bonds. The SMILES string of the molecule is Cc1c(C2C(C)(C)C2(C)C)nn(-c2ccccc2)c1N. The van der Waals surface area contributed by atoms with Crippen molar-refractivity contribution >= 4 is 5.82 Å². The van der Waals surface area contributed by atoms with E-state index in [1.165, 1.54) is 0 Å². The maximum absolute atomic E-state index is 6.28. The zero-order chi connectivity index (χ0) is 14.7. The van der Waals surface area contributed by atoms with Crippen molar-refractivity contribution in [1.29, 1.82) is 0 Å². The van der Waals surface area contributed by atoms with Crippen LogP contribution in [-0.4, -0.2) is 9.78 Å². The van der Waals surface area contributed by atoms with Gasteiger partial charge in [-0.3, -0.25) is 0 Å². The molecule has 3 rings (SSSR count). The lowest BCUT2D eigenvalue weighted by molar-refractivity contribution is 0.457. The zero-order valence-electron chi connectivity index (χ0n) is 12.9. The fourth-order valence-electron chi connectivity index (χ4n) is 3.45. The van der Waals surface area contributed by atoms with Crippen molar-refractivity contribution in [1.82, 2.24) is 9.78 Å². The fraction of sp³-hybridized carbons (Fsp3) is 0.471. The summed E-state index contributed by atoms with van der Waals surface area (Å²) in [6, 6.07) is 10.1. The van der Waals surface area contributed by atoms with E-state index in [0.717, 1.165) is 22.8 Å². The maximum Gasteiger partial charge on any atom is 0.130 e. The van der Waals surface area contributed by atoms with Crippen LogP contribution in [0.15, 0.2) is 30.3 Å². The molecule has 0 atom stereocenters. The van der Waals surface area contributed by atoms with Crippen LogP contribution in [0.3, 0.4) is 0 Å². The average Bonchev–Trinajstić information content (AvgIpc) is 2.64. The number of nitrogens with zero attached hydrogens (tertiary/aromatic N) is 2. The van der Waals surface area contributed by atoms with Crippen LogP contribution in [0.4, 0.5) is 5.82 Å². The highest BCUT2D eigenvalue weighted by atomic mass is 15.3. The van der Waals surface area contributed by atoms with Crippen LogP contribution < -0.4 is 5.73 Å². The van der Waals surface area contributed by atoms with Crippen LogP contribution in [0.2, 0.25) is 0 Å². The van der Waals surface area contributed by atoms with Gasteiger partial charge < -0.3 is 5.73 Å². The minimum Gasteiger partial charge on any atom is -0.383 e. The Morgan fingerprint density at radius 1 is 1.05 bits per heavy atom. The Hall–Kier alpha value is -1.77. The molecule has 3 heteroatoms. The third-order valence-corrected chi connectivity index (χ3v) is 5.50. The van der Waals surface area contributed by atoms with Crippen LogP contribution >= 0.6 is 0 Å². The monoisotopic (exact) mass is 269 g/mol. The molecule has 3 nitrogen and oxygen atoms in total. The van der Waals surface area contributed by atoms with E-state index in [1.807, 2.05) is 35.0 Å². The molecule has 1 aromatic carbocycles. The number of hydrogen-bond acceptors (Lipinski definition) is 2. The summed E-state index contributed by atoms with van der Waals surface area (Å²) in [7, 11) is 0. The van der Waals surface area contributed by atoms with Crippen LogP contribution in [-0.2, 0) is 0 Å². The van der Waals surface area contributed by atoms with Crippen molar-refractivity contribution in [2.45, 2.75) is 40.5 Å². The van der Waals surface area contributed by atoms with Crippen molar-refractivity contribution < 1.29 is 0 Å². The van der Waals surface area contributed by atoms with E-state index in [4.69, 9.17) is 10.8 Å². The lowest BCUT2D eigenvalue weighted by Crippen LogP contribution is -2.02. The third-order valence-electron chi connectivity index (χ3n) is 5.50. The summed E-state index contributed by atoms with van der Waals surface area (Å²) in [6.07, 6.45) is 0. The molecule has 1 saturated carbocycles. The summed E-state index contributed by atoms with van der Waals surface area (Å²) >= 11 is 0. The van der Waals surface area contributed by atoms with Gasteiger partial charge in [0, 0.05) is 11.5 Å². The smallest absolute Gasteiger partial charge is 0.130 e. The fourth-order valence-corrected chi connectivity index (χ4v) is 3.45. The molecule has 0 spiro atoms. The summed E-state index contributed by atoms with van der Waals surface area (Å²) in [5.41, 5.74) is 10.1. The zero-order valence-corrected chi connectivity index (χ0v) is 12.9. The minimum atomic E-state index is 0.278. The van der Waals surface area contributed by atoms with E-state index in [-0.39, 0.29) is 10.8 Å². The van der Waals surface area contributed by atoms with Gasteiger partial charge in [0.05, 0.1) is 11.4 Å². The molecule has 0 bridgehead atoms. The molecular formula is C17H23N3. The molecule has 2 N–H and O–H groups in total. The van der Waals surface area contributed by atoms with Crippen molar-refractivity contribution in [2.24, 2.45) is 10.8 Å². The first-order valence-corrected chi connectivity index (χ1v) is 7.19. The molecule has 1 aromatic heterocycles. The van der Waals surface area contributed by atoms with Crippen molar-refractivity contribution in [3.8, 4) is 5.69 Å². The Balaban J connectivity index is 2.09. The largest absolute Gasteiger partial charge is 0.383 e. The first kappa shape index (κ1) is 13.2. The van der Waals surface area contributed by atoms with Gasteiger partial charge >= 0.3 is 0 Å². The van der Waals surface area contributed by atoms with E-state index in [1.54, 1.807) is 0 Å². The Morgan fingerprint density at radius 2 is 1.60 bits per heavy atom. The first-order valence-electron chi connectivity index (χ1n) is 7.19. The number of nitrogen functional groups attached to an aromatic ring is 1. The number of hydrogen-bond donors (Lipinski definition) is 1. The maximum atomic E-state index is 6.28. The second-order valence-electron chi connectivity index (χ2n) is 7.02. The number of anilines is 1. The van der Waals surface area contributed by atoms with Crippen LogP contribution in [0.1, 0.15) is 44.9 Å². The predicted octanol–water partition coefficient (Wildman–Crippen LogP) is 3.91. The summed E-state index contributed by atoms with van der Waals surface area (Å²) < 4.78 is 1.87. The summed E-state index contributed by atoms with van der Waals surface area (Å²) in [4.78, 5) is 0. The minimum absolute atomic E-state index is 0.278. The summed E-state index contributed by atoms with van der Waals surface area (Å²) in [6.45, 7) is 11.3. The number of rotatable bonds is 2. The molecule has 2 aromatic rings. The third kappa shape index (κ3) is 1.55. The van der Waals surface area contributed by atoms with Gasteiger partial charge in [-0.15, -0.1) is 0 Å². The number of aromatic nitrogens is 2. The normalized spacial score (nSPS) is 20.1. The van der Waals surface area contributed by atoms with Crippen LogP contribution in [0.5, 0.6) is 0 Å². The topological polar surface area (TPSA) is 43.8 Å². The molecule has 0 radical (unpaired) electrons. The standard InChI is InChI=1S/C17H23N3/c1-11-13(14-16(2,3)17(14,4)5)19-20(15(11)18)12-9-7-6-8-10-12/h6-10,14H,18H2,1-5H3. The highest BCUT2D eigenvalue weighted by Crippen LogP contribution is 2.73. The van der Waals surface area contributed by atoms with Gasteiger partial charge in [-0.2, -0.15) is 5.10 Å². The number of nitrogens with two attached hydrogens (primary N) is 1. The van der Waals surface area contributed by atoms with E-state index in [9.17, 15) is 0 Å². The molecule has 0 unspecified atom stereocenters. The molecule has 20 heavy (non-hydrogen) atoms. The van der Waals surface area contributed by atoms with Gasteiger partial charge in [-0.25, -0.2) is 4.68 Å². The van der Waals surface area contributed by atoms with Crippen LogP contribution in [0, 0.1) is 17.8 Å². The molecule has 0 aliphatic heterocycles. The van der Waals surface area contributed by atoms with Gasteiger partial charge in [-0.1, -0.05) is 45.9 Å². The molecule has 106 valence electrons. The highest BCUT2D eigenvalue weighted by molar-refractivity contribution is 5.52. The molecular weight excluding hydrogens is 246 g/mol. The lowest BCUT2D eigenvalue weighted by atomic mass is 10.0. The van der Waals surface area contributed by atoms with E-state index in [2.05, 4.69) is 34.6 Å². The molecule has 0 saturated heterocycles. The summed E-state index contributed by atoms with van der Waals surface area (Å²) in [5.74, 6) is 1.23. The van der Waals surface area contributed by atoms with Crippen LogP contribution in [0.25, 0.3) is 5.69 Å². The molecule has 1 heterocycles. The molecule has 1 aliphatic rings. The van der Waals surface area contributed by atoms with Gasteiger partial charge in [0.15, 0.2) is 0 Å². The summed E-state index contributed by atoms with van der Waals surface area (Å²) in [5, 5.41) is 4.82. The lowest BCUT2D eigenvalue weighted by Gasteiger charge is -2.03. The second kappa shape index (κ2) is 3.87. The van der Waals surface area contributed by atoms with Crippen molar-refractivity contribution in [2.75, 3.05) is 5.73 Å². The van der Waals surface area contributed by atoms with Crippen molar-refractivity contribution in [3.63, 3.8) is 0 Å². The first-order chi connectivity index (χ1) is 9.28. The van der Waals surface area contributed by atoms with Gasteiger partial charge in [0.1, 0.15) is 5.82 Å². The van der Waals surface area contributed by atoms with E-state index in [0.29, 0.717) is 5.92 Å². The van der Waals surface area contributed by atoms with Gasteiger partial charge in [0.2, 0.25) is 0 Å². The molecule has 1 aliphatic carbocycles. The Bertz CT molecular complexity index is 636. The second-order valence-corrected chi connectivity index (χ2v) is 7.02. The Labute approximate surface area is 120 Å². The quantitative estimate of drug-likeness (QED) is 0.898. The average molecular weight is 269 g/mol. The van der Waals surface area contributed by atoms with E-state index >= 15 is 0 Å². The van der Waals surface area contributed by atoms with Gasteiger partial charge in [-0.05, 0) is 29.9 Å².